The maximum atomic E-state index is 13.7. The van der Waals surface area contributed by atoms with Crippen LogP contribution in [0.25, 0.3) is 16.8 Å². The highest BCUT2D eigenvalue weighted by molar-refractivity contribution is 6.33. The van der Waals surface area contributed by atoms with Crippen molar-refractivity contribution in [2.45, 2.75) is 6.92 Å². The van der Waals surface area contributed by atoms with E-state index in [4.69, 9.17) is 14.5 Å². The monoisotopic (exact) mass is 448 g/mol. The SMILES string of the molecule is CCOc1ccc(N2C(=O)/C(=C\c3cccc4ccccc34)N=C2c2ccccc2OC)cc1. The van der Waals surface area contributed by atoms with Crippen LogP contribution in [0.1, 0.15) is 18.1 Å². The Balaban J connectivity index is 1.65. The third kappa shape index (κ3) is 3.92. The summed E-state index contributed by atoms with van der Waals surface area (Å²) in [4.78, 5) is 20.2. The topological polar surface area (TPSA) is 51.1 Å². The van der Waals surface area contributed by atoms with Gasteiger partial charge in [0.2, 0.25) is 0 Å². The Morgan fingerprint density at radius 3 is 2.41 bits per heavy atom. The Hall–Kier alpha value is -4.38. The van der Waals surface area contributed by atoms with Crippen LogP contribution in [0.15, 0.2) is 102 Å². The van der Waals surface area contributed by atoms with Crippen molar-refractivity contribution in [3.05, 3.63) is 108 Å². The average Bonchev–Trinajstić information content (AvgIpc) is 3.20. The number of hydrogen-bond acceptors (Lipinski definition) is 4. The summed E-state index contributed by atoms with van der Waals surface area (Å²) in [6, 6.07) is 29.2. The summed E-state index contributed by atoms with van der Waals surface area (Å²) in [7, 11) is 1.62. The number of benzene rings is 4. The number of aliphatic imine (C=N–C) groups is 1. The van der Waals surface area contributed by atoms with Crippen LogP contribution in [0.3, 0.4) is 0 Å². The number of amidine groups is 1. The molecule has 0 radical (unpaired) electrons. The Labute approximate surface area is 198 Å². The predicted molar refractivity (Wildman–Crippen MR) is 137 cm³/mol. The number of fused-ring (bicyclic) bond motifs is 1. The molecule has 168 valence electrons. The second-order valence-electron chi connectivity index (χ2n) is 7.80. The van der Waals surface area contributed by atoms with Crippen molar-refractivity contribution in [3.8, 4) is 11.5 Å². The highest BCUT2D eigenvalue weighted by atomic mass is 16.5. The number of methoxy groups -OCH3 is 1. The van der Waals surface area contributed by atoms with E-state index < -0.39 is 0 Å². The minimum atomic E-state index is -0.196. The molecule has 4 aromatic rings. The second-order valence-corrected chi connectivity index (χ2v) is 7.80. The van der Waals surface area contributed by atoms with E-state index in [1.54, 1.807) is 12.0 Å². The van der Waals surface area contributed by atoms with E-state index in [0.29, 0.717) is 29.6 Å². The summed E-state index contributed by atoms with van der Waals surface area (Å²) in [5.41, 5.74) is 2.76. The van der Waals surface area contributed by atoms with Crippen LogP contribution in [-0.4, -0.2) is 25.5 Å². The number of carbonyl (C=O) groups is 1. The van der Waals surface area contributed by atoms with Crippen molar-refractivity contribution in [3.63, 3.8) is 0 Å². The van der Waals surface area contributed by atoms with Gasteiger partial charge in [0.05, 0.1) is 25.0 Å². The van der Waals surface area contributed by atoms with Crippen molar-refractivity contribution in [1.29, 1.82) is 0 Å². The van der Waals surface area contributed by atoms with Crippen LogP contribution in [0.4, 0.5) is 5.69 Å². The lowest BCUT2D eigenvalue weighted by molar-refractivity contribution is -0.113. The van der Waals surface area contributed by atoms with Gasteiger partial charge in [0, 0.05) is 0 Å². The highest BCUT2D eigenvalue weighted by Crippen LogP contribution is 2.33. The molecule has 0 aromatic heterocycles. The first kappa shape index (κ1) is 21.5. The zero-order chi connectivity index (χ0) is 23.5. The molecular formula is C29H24N2O3. The third-order valence-electron chi connectivity index (χ3n) is 5.73. The molecule has 0 saturated carbocycles. The van der Waals surface area contributed by atoms with Crippen molar-refractivity contribution in [2.24, 2.45) is 4.99 Å². The van der Waals surface area contributed by atoms with Crippen LogP contribution >= 0.6 is 0 Å². The molecule has 1 aliphatic rings. The largest absolute Gasteiger partial charge is 0.496 e. The standard InChI is InChI=1S/C29H24N2O3/c1-3-34-23-17-15-22(16-18-23)31-28(25-13-6-7-14-27(25)33-2)30-26(29(31)32)19-21-11-8-10-20-9-4-5-12-24(20)21/h4-19H,3H2,1-2H3/b26-19+. The van der Waals surface area contributed by atoms with Crippen molar-refractivity contribution in [1.82, 2.24) is 0 Å². The number of nitrogens with zero attached hydrogens (tertiary/aromatic N) is 2. The Morgan fingerprint density at radius 1 is 0.882 bits per heavy atom. The Bertz CT molecular complexity index is 1420. The molecule has 0 bridgehead atoms. The van der Waals surface area contributed by atoms with Gasteiger partial charge in [0.1, 0.15) is 17.2 Å². The molecule has 0 fully saturated rings. The van der Waals surface area contributed by atoms with Gasteiger partial charge in [-0.25, -0.2) is 4.99 Å². The zero-order valence-corrected chi connectivity index (χ0v) is 19.1. The van der Waals surface area contributed by atoms with E-state index in [1.807, 2.05) is 85.8 Å². The van der Waals surface area contributed by atoms with Gasteiger partial charge in [-0.1, -0.05) is 54.6 Å². The number of para-hydroxylation sites is 1. The number of hydrogen-bond donors (Lipinski definition) is 0. The fraction of sp³-hybridized carbons (Fsp3) is 0.103. The smallest absolute Gasteiger partial charge is 0.282 e. The summed E-state index contributed by atoms with van der Waals surface area (Å²) in [5.74, 6) is 1.73. The average molecular weight is 449 g/mol. The number of anilines is 1. The van der Waals surface area contributed by atoms with E-state index >= 15 is 0 Å². The molecular weight excluding hydrogens is 424 g/mol. The summed E-state index contributed by atoms with van der Waals surface area (Å²) in [6.07, 6.45) is 1.86. The van der Waals surface area contributed by atoms with Gasteiger partial charge in [-0.15, -0.1) is 0 Å². The van der Waals surface area contributed by atoms with Gasteiger partial charge in [-0.3, -0.25) is 9.69 Å². The summed E-state index contributed by atoms with van der Waals surface area (Å²) < 4.78 is 11.2. The summed E-state index contributed by atoms with van der Waals surface area (Å²) >= 11 is 0. The molecule has 34 heavy (non-hydrogen) atoms. The third-order valence-corrected chi connectivity index (χ3v) is 5.73. The van der Waals surface area contributed by atoms with E-state index in [0.717, 1.165) is 27.6 Å². The molecule has 5 rings (SSSR count). The second kappa shape index (κ2) is 9.24. The number of carbonyl (C=O) groups excluding carboxylic acids is 1. The van der Waals surface area contributed by atoms with Gasteiger partial charge >= 0.3 is 0 Å². The lowest BCUT2D eigenvalue weighted by Gasteiger charge is -2.20. The molecule has 0 N–H and O–H groups in total. The van der Waals surface area contributed by atoms with Crippen LogP contribution in [0.5, 0.6) is 11.5 Å². The summed E-state index contributed by atoms with van der Waals surface area (Å²) in [5, 5.41) is 2.18. The molecule has 0 spiro atoms. The van der Waals surface area contributed by atoms with E-state index in [9.17, 15) is 4.79 Å². The van der Waals surface area contributed by atoms with Crippen LogP contribution in [0, 0.1) is 0 Å². The predicted octanol–water partition coefficient (Wildman–Crippen LogP) is 6.08. The molecule has 0 atom stereocenters. The minimum absolute atomic E-state index is 0.196. The minimum Gasteiger partial charge on any atom is -0.496 e. The number of rotatable bonds is 6. The summed E-state index contributed by atoms with van der Waals surface area (Å²) in [6.45, 7) is 2.52. The number of amides is 1. The van der Waals surface area contributed by atoms with Gasteiger partial charge in [-0.05, 0) is 65.7 Å². The quantitative estimate of drug-likeness (QED) is 0.336. The van der Waals surface area contributed by atoms with Gasteiger partial charge in [0.25, 0.3) is 5.91 Å². The molecule has 4 aromatic carbocycles. The Kier molecular flexibility index (Phi) is 5.83. The van der Waals surface area contributed by atoms with Crippen molar-refractivity contribution in [2.75, 3.05) is 18.6 Å². The molecule has 1 amide bonds. The lowest BCUT2D eigenvalue weighted by atomic mass is 10.0. The maximum Gasteiger partial charge on any atom is 0.282 e. The molecule has 1 aliphatic heterocycles. The highest BCUT2D eigenvalue weighted by Gasteiger charge is 2.34. The first-order chi connectivity index (χ1) is 16.7. The van der Waals surface area contributed by atoms with Crippen molar-refractivity contribution < 1.29 is 14.3 Å². The van der Waals surface area contributed by atoms with E-state index in [1.165, 1.54) is 0 Å². The molecule has 0 aliphatic carbocycles. The fourth-order valence-corrected chi connectivity index (χ4v) is 4.15. The van der Waals surface area contributed by atoms with E-state index in [2.05, 4.69) is 18.2 Å². The molecule has 5 heteroatoms. The van der Waals surface area contributed by atoms with Gasteiger partial charge in [-0.2, -0.15) is 0 Å². The first-order valence-electron chi connectivity index (χ1n) is 11.2. The fourth-order valence-electron chi connectivity index (χ4n) is 4.15. The van der Waals surface area contributed by atoms with Gasteiger partial charge in [0.15, 0.2) is 5.84 Å². The molecule has 5 nitrogen and oxygen atoms in total. The lowest BCUT2D eigenvalue weighted by Crippen LogP contribution is -2.32. The molecule has 0 saturated heterocycles. The van der Waals surface area contributed by atoms with Crippen LogP contribution in [0.2, 0.25) is 0 Å². The maximum absolute atomic E-state index is 13.7. The first-order valence-corrected chi connectivity index (χ1v) is 11.2. The number of ether oxygens (including phenoxy) is 2. The van der Waals surface area contributed by atoms with Crippen molar-refractivity contribution >= 4 is 34.3 Å². The zero-order valence-electron chi connectivity index (χ0n) is 19.1. The molecule has 0 unspecified atom stereocenters. The Morgan fingerprint density at radius 2 is 1.62 bits per heavy atom. The van der Waals surface area contributed by atoms with Crippen LogP contribution in [-0.2, 0) is 4.79 Å². The van der Waals surface area contributed by atoms with Crippen LogP contribution < -0.4 is 14.4 Å². The normalized spacial score (nSPS) is 14.5. The molecule has 1 heterocycles. The van der Waals surface area contributed by atoms with Gasteiger partial charge < -0.3 is 9.47 Å². The van der Waals surface area contributed by atoms with E-state index in [-0.39, 0.29) is 5.91 Å².